The molecule has 0 saturated heterocycles. The number of ether oxygens (including phenoxy) is 9. The summed E-state index contributed by atoms with van der Waals surface area (Å²) in [5, 5.41) is 0. The third kappa shape index (κ3) is 18.3. The number of carbonyl (C=O) groups is 9. The lowest BCUT2D eigenvalue weighted by molar-refractivity contribution is -0.150. The maximum Gasteiger partial charge on any atom is 0.338 e. The second kappa shape index (κ2) is 27.1. The van der Waals surface area contributed by atoms with Crippen LogP contribution in [0.1, 0.15) is 58.8 Å². The third-order valence-electron chi connectivity index (χ3n) is 8.78. The number of carbonyl (C=O) groups excluding carboxylic acids is 9. The van der Waals surface area contributed by atoms with Crippen molar-refractivity contribution in [3.05, 3.63) is 151 Å². The first-order chi connectivity index (χ1) is 32.7. The van der Waals surface area contributed by atoms with E-state index in [-0.39, 0.29) is 33.4 Å². The van der Waals surface area contributed by atoms with Gasteiger partial charge < -0.3 is 47.5 Å². The lowest BCUT2D eigenvalue weighted by atomic mass is 10.1. The molecular formula is C50H51NO18. The summed E-state index contributed by atoms with van der Waals surface area (Å²) < 4.78 is 46.9. The summed E-state index contributed by atoms with van der Waals surface area (Å²) in [6.07, 6.45) is -1.75. The molecule has 0 amide bonds. The van der Waals surface area contributed by atoms with Gasteiger partial charge in [-0.1, -0.05) is 32.9 Å². The Kier molecular flexibility index (Phi) is 21.5. The molecule has 19 nitrogen and oxygen atoms in total. The molecule has 0 N–H and O–H groups in total. The largest absolute Gasteiger partial charge is 0.462 e. The Morgan fingerprint density at radius 1 is 0.420 bits per heavy atom. The van der Waals surface area contributed by atoms with E-state index >= 15 is 0 Å². The van der Waals surface area contributed by atoms with Gasteiger partial charge in [-0.05, 0) is 93.6 Å². The highest BCUT2D eigenvalue weighted by Gasteiger charge is 2.25. The Bertz CT molecular complexity index is 2320. The van der Waals surface area contributed by atoms with Crippen molar-refractivity contribution in [2.24, 2.45) is 0 Å². The van der Waals surface area contributed by atoms with Gasteiger partial charge in [-0.25, -0.2) is 38.4 Å². The van der Waals surface area contributed by atoms with Gasteiger partial charge in [-0.15, -0.1) is 0 Å². The molecule has 0 bridgehead atoms. The van der Waals surface area contributed by atoms with Crippen LogP contribution in [-0.2, 0) is 71.4 Å². The summed E-state index contributed by atoms with van der Waals surface area (Å²) >= 11 is 0. The van der Waals surface area contributed by atoms with E-state index in [1.165, 1.54) is 57.2 Å². The maximum absolute atomic E-state index is 13.3. The van der Waals surface area contributed by atoms with Gasteiger partial charge in [-0.2, -0.15) is 0 Å². The fourth-order valence-corrected chi connectivity index (χ4v) is 5.25. The molecule has 3 aromatic carbocycles. The van der Waals surface area contributed by atoms with Crippen molar-refractivity contribution >= 4 is 70.8 Å². The zero-order valence-electron chi connectivity index (χ0n) is 38.4. The van der Waals surface area contributed by atoms with Crippen molar-refractivity contribution in [2.45, 2.75) is 46.0 Å². The summed E-state index contributed by atoms with van der Waals surface area (Å²) in [6.45, 7) is 19.9. The van der Waals surface area contributed by atoms with Crippen LogP contribution in [0.5, 0.6) is 0 Å². The fraction of sp³-hybridized carbons (Fsp3) is 0.260. The number of benzene rings is 3. The van der Waals surface area contributed by atoms with Gasteiger partial charge in [0.05, 0.1) is 16.7 Å². The van der Waals surface area contributed by atoms with Crippen molar-refractivity contribution in [3.8, 4) is 0 Å². The highest BCUT2D eigenvalue weighted by atomic mass is 16.6. The molecule has 364 valence electrons. The average molecular weight is 954 g/mol. The predicted molar refractivity (Wildman–Crippen MR) is 245 cm³/mol. The molecule has 0 radical (unpaired) electrons. The molecule has 0 fully saturated rings. The van der Waals surface area contributed by atoms with Crippen molar-refractivity contribution in [2.75, 3.05) is 44.5 Å². The molecule has 0 spiro atoms. The summed E-state index contributed by atoms with van der Waals surface area (Å²) in [7, 11) is 0. The van der Waals surface area contributed by atoms with Gasteiger partial charge in [-0.3, -0.25) is 4.79 Å². The smallest absolute Gasteiger partial charge is 0.338 e. The highest BCUT2D eigenvalue weighted by molar-refractivity contribution is 5.94. The molecule has 3 aromatic rings. The molecule has 3 unspecified atom stereocenters. The van der Waals surface area contributed by atoms with Crippen LogP contribution in [0.25, 0.3) is 0 Å². The Labute approximate surface area is 397 Å². The molecule has 0 aliphatic carbocycles. The number of esters is 9. The minimum atomic E-state index is -1.21. The second-order valence-electron chi connectivity index (χ2n) is 14.7. The maximum atomic E-state index is 13.3. The zero-order valence-corrected chi connectivity index (χ0v) is 38.4. The monoisotopic (exact) mass is 953 g/mol. The van der Waals surface area contributed by atoms with Crippen LogP contribution in [0.2, 0.25) is 0 Å². The predicted octanol–water partition coefficient (Wildman–Crippen LogP) is 6.11. The van der Waals surface area contributed by atoms with E-state index in [1.54, 1.807) is 41.3 Å². The standard InChI is InChI=1S/C50H51NO18/c1-10-43(53)62-25-41(28-65-46(56)31(5)6)68-49(59)35-14-20-38(21-15-35)51(37-18-12-34(13-19-37)48(58)67-40(24-61-33(9)52)27-64-45(55)30(3)4)39-22-16-36(17-23-39)50(60)69-42(26-63-44(54)11-2)29-66-47(57)32(7)8/h10-23,40-42H,1-3,5,7,24-29H2,4,6,8-9H3. The average Bonchev–Trinajstić information content (AvgIpc) is 3.33. The van der Waals surface area contributed by atoms with Gasteiger partial charge in [0, 0.05) is 52.9 Å². The van der Waals surface area contributed by atoms with Gasteiger partial charge in [0.15, 0.2) is 18.3 Å². The third-order valence-corrected chi connectivity index (χ3v) is 8.78. The first-order valence-electron chi connectivity index (χ1n) is 20.7. The Hall–Kier alpha value is -8.61. The second-order valence-corrected chi connectivity index (χ2v) is 14.7. The van der Waals surface area contributed by atoms with E-state index in [9.17, 15) is 43.2 Å². The molecule has 3 rings (SSSR count). The first-order valence-corrected chi connectivity index (χ1v) is 20.7. The molecule has 3 atom stereocenters. The van der Waals surface area contributed by atoms with Crippen LogP contribution in [-0.4, -0.2) is 112 Å². The summed E-state index contributed by atoms with van der Waals surface area (Å²) in [5.41, 5.74) is 1.74. The van der Waals surface area contributed by atoms with Crippen LogP contribution in [0.3, 0.4) is 0 Å². The highest BCUT2D eigenvalue weighted by Crippen LogP contribution is 2.35. The molecule has 0 saturated carbocycles. The van der Waals surface area contributed by atoms with E-state index in [0.29, 0.717) is 17.1 Å². The number of hydrogen-bond acceptors (Lipinski definition) is 19. The van der Waals surface area contributed by atoms with E-state index in [2.05, 4.69) is 32.9 Å². The van der Waals surface area contributed by atoms with E-state index in [1.807, 2.05) is 0 Å². The topological polar surface area (TPSA) is 240 Å². The fourth-order valence-electron chi connectivity index (χ4n) is 5.25. The van der Waals surface area contributed by atoms with Crippen LogP contribution in [0.15, 0.2) is 135 Å². The molecule has 69 heavy (non-hydrogen) atoms. The lowest BCUT2D eigenvalue weighted by Gasteiger charge is -2.26. The van der Waals surface area contributed by atoms with Gasteiger partial charge in [0.1, 0.15) is 39.6 Å². The molecule has 0 aliphatic heterocycles. The number of hydrogen-bond donors (Lipinski definition) is 0. The van der Waals surface area contributed by atoms with E-state index < -0.39 is 112 Å². The van der Waals surface area contributed by atoms with Crippen molar-refractivity contribution < 1.29 is 85.8 Å². The quantitative estimate of drug-likeness (QED) is 0.0501. The molecule has 0 heterocycles. The zero-order chi connectivity index (χ0) is 51.2. The van der Waals surface area contributed by atoms with Gasteiger partial charge in [0.2, 0.25) is 0 Å². The van der Waals surface area contributed by atoms with Crippen LogP contribution >= 0.6 is 0 Å². The molecular weight excluding hydrogens is 903 g/mol. The Morgan fingerprint density at radius 2 is 0.667 bits per heavy atom. The molecule has 0 aliphatic rings. The van der Waals surface area contributed by atoms with Crippen LogP contribution in [0, 0.1) is 0 Å². The van der Waals surface area contributed by atoms with Crippen LogP contribution < -0.4 is 4.90 Å². The summed E-state index contributed by atoms with van der Waals surface area (Å²) in [5.74, 6) is -7.09. The minimum absolute atomic E-state index is 0.0423. The van der Waals surface area contributed by atoms with Gasteiger partial charge >= 0.3 is 53.7 Å². The van der Waals surface area contributed by atoms with Crippen molar-refractivity contribution in [1.82, 2.24) is 0 Å². The van der Waals surface area contributed by atoms with Crippen molar-refractivity contribution in [1.29, 1.82) is 0 Å². The first kappa shape index (κ1) is 54.7. The SMILES string of the molecule is C=CC(=O)OCC(COC(=O)C(=C)C)OC(=O)c1ccc(N(c2ccc(C(=O)OC(COC(C)=O)COC(=O)C(=C)C)cc2)c2ccc(C(=O)OC(COC(=O)C=C)COC(=O)C(=C)C)cc2)cc1. The Balaban J connectivity index is 1.99. The van der Waals surface area contributed by atoms with E-state index in [0.717, 1.165) is 19.1 Å². The minimum Gasteiger partial charge on any atom is -0.462 e. The number of rotatable bonds is 26. The van der Waals surface area contributed by atoms with Gasteiger partial charge in [0.25, 0.3) is 0 Å². The number of nitrogens with zero attached hydrogens (tertiary/aromatic N) is 1. The normalized spacial score (nSPS) is 11.6. The van der Waals surface area contributed by atoms with E-state index in [4.69, 9.17) is 42.6 Å². The lowest BCUT2D eigenvalue weighted by Crippen LogP contribution is -2.30. The number of anilines is 3. The van der Waals surface area contributed by atoms with Crippen LogP contribution in [0.4, 0.5) is 17.1 Å². The molecule has 19 heteroatoms. The summed E-state index contributed by atoms with van der Waals surface area (Å²) in [4.78, 5) is 113. The van der Waals surface area contributed by atoms with Crippen molar-refractivity contribution in [3.63, 3.8) is 0 Å². The molecule has 0 aromatic heterocycles. The summed E-state index contributed by atoms with van der Waals surface area (Å²) in [6, 6.07) is 17.9. The Morgan fingerprint density at radius 3 is 0.899 bits per heavy atom.